The molecule has 0 atom stereocenters. The van der Waals surface area contributed by atoms with Gasteiger partial charge in [-0.05, 0) is 30.9 Å². The molecule has 0 saturated heterocycles. The number of carbonyl (C=O) groups is 1. The first-order valence-corrected chi connectivity index (χ1v) is 7.13. The number of aromatic nitrogens is 2. The second-order valence-corrected chi connectivity index (χ2v) is 6.03. The van der Waals surface area contributed by atoms with Crippen molar-refractivity contribution < 1.29 is 4.79 Å². The Kier molecular flexibility index (Phi) is 3.02. The molecule has 1 aliphatic carbocycles. The van der Waals surface area contributed by atoms with Crippen molar-refractivity contribution in [2.75, 3.05) is 5.73 Å². The van der Waals surface area contributed by atoms with Crippen molar-refractivity contribution >= 4 is 22.9 Å². The minimum absolute atomic E-state index is 0.216. The number of anilines is 1. The van der Waals surface area contributed by atoms with Gasteiger partial charge in [0, 0.05) is 23.0 Å². The SMILES string of the molecule is Cn1cc(N)c(C(=O)NCc2cc3c(s2)CCC3)n1. The van der Waals surface area contributed by atoms with Gasteiger partial charge in [-0.3, -0.25) is 9.48 Å². The second-order valence-electron chi connectivity index (χ2n) is 4.80. The Labute approximate surface area is 115 Å². The molecule has 0 aromatic carbocycles. The predicted molar refractivity (Wildman–Crippen MR) is 75.1 cm³/mol. The quantitative estimate of drug-likeness (QED) is 0.892. The van der Waals surface area contributed by atoms with Crippen LogP contribution in [0.2, 0.25) is 0 Å². The van der Waals surface area contributed by atoms with Gasteiger partial charge in [0.2, 0.25) is 0 Å². The van der Waals surface area contributed by atoms with E-state index in [1.165, 1.54) is 34.6 Å². The number of thiophene rings is 1. The lowest BCUT2D eigenvalue weighted by Crippen LogP contribution is -2.23. The van der Waals surface area contributed by atoms with Crippen LogP contribution in [0.3, 0.4) is 0 Å². The third kappa shape index (κ3) is 2.35. The zero-order valence-electron chi connectivity index (χ0n) is 10.8. The van der Waals surface area contributed by atoms with Gasteiger partial charge >= 0.3 is 0 Å². The maximum atomic E-state index is 12.0. The van der Waals surface area contributed by atoms with Gasteiger partial charge in [0.05, 0.1) is 12.2 Å². The number of amides is 1. The number of hydrogen-bond acceptors (Lipinski definition) is 4. The van der Waals surface area contributed by atoms with Gasteiger partial charge in [-0.15, -0.1) is 11.3 Å². The summed E-state index contributed by atoms with van der Waals surface area (Å²) in [5, 5.41) is 6.93. The van der Waals surface area contributed by atoms with Crippen LogP contribution in [0.15, 0.2) is 12.3 Å². The smallest absolute Gasteiger partial charge is 0.274 e. The number of hydrogen-bond donors (Lipinski definition) is 2. The van der Waals surface area contributed by atoms with Crippen LogP contribution in [0.25, 0.3) is 0 Å². The number of nitrogen functional groups attached to an aromatic ring is 1. The second kappa shape index (κ2) is 4.70. The van der Waals surface area contributed by atoms with Crippen molar-refractivity contribution in [1.82, 2.24) is 15.1 Å². The summed E-state index contributed by atoms with van der Waals surface area (Å²) >= 11 is 1.80. The number of nitrogens with zero attached hydrogens (tertiary/aromatic N) is 2. The molecule has 3 rings (SSSR count). The van der Waals surface area contributed by atoms with Gasteiger partial charge in [0.25, 0.3) is 5.91 Å². The van der Waals surface area contributed by atoms with Gasteiger partial charge in [0.1, 0.15) is 0 Å². The Morgan fingerprint density at radius 1 is 1.58 bits per heavy atom. The summed E-state index contributed by atoms with van der Waals surface area (Å²) in [4.78, 5) is 14.6. The Balaban J connectivity index is 1.65. The van der Waals surface area contributed by atoms with Gasteiger partial charge in [-0.2, -0.15) is 5.10 Å². The molecule has 0 spiro atoms. The highest BCUT2D eigenvalue weighted by Crippen LogP contribution is 2.30. The Morgan fingerprint density at radius 2 is 2.42 bits per heavy atom. The fourth-order valence-electron chi connectivity index (χ4n) is 2.41. The van der Waals surface area contributed by atoms with E-state index >= 15 is 0 Å². The van der Waals surface area contributed by atoms with Crippen molar-refractivity contribution in [3.63, 3.8) is 0 Å². The monoisotopic (exact) mass is 276 g/mol. The molecule has 2 aromatic heterocycles. The lowest BCUT2D eigenvalue weighted by molar-refractivity contribution is 0.0946. The molecule has 100 valence electrons. The van der Waals surface area contributed by atoms with E-state index in [0.717, 1.165) is 0 Å². The molecular weight excluding hydrogens is 260 g/mol. The van der Waals surface area contributed by atoms with E-state index < -0.39 is 0 Å². The summed E-state index contributed by atoms with van der Waals surface area (Å²) in [6, 6.07) is 2.20. The van der Waals surface area contributed by atoms with E-state index in [1.54, 1.807) is 29.3 Å². The molecule has 19 heavy (non-hydrogen) atoms. The average molecular weight is 276 g/mol. The zero-order chi connectivity index (χ0) is 13.4. The van der Waals surface area contributed by atoms with Crippen molar-refractivity contribution in [3.8, 4) is 0 Å². The Morgan fingerprint density at radius 3 is 3.11 bits per heavy atom. The van der Waals surface area contributed by atoms with Crippen molar-refractivity contribution in [3.05, 3.63) is 33.3 Å². The third-order valence-electron chi connectivity index (χ3n) is 3.29. The number of nitrogens with two attached hydrogens (primary N) is 1. The molecule has 0 radical (unpaired) electrons. The largest absolute Gasteiger partial charge is 0.396 e. The minimum atomic E-state index is -0.216. The zero-order valence-corrected chi connectivity index (χ0v) is 11.6. The molecule has 2 aromatic rings. The van der Waals surface area contributed by atoms with Crippen LogP contribution < -0.4 is 11.1 Å². The van der Waals surface area contributed by atoms with Crippen LogP contribution in [0, 0.1) is 0 Å². The van der Waals surface area contributed by atoms with E-state index in [9.17, 15) is 4.79 Å². The molecule has 0 unspecified atom stereocenters. The van der Waals surface area contributed by atoms with Gasteiger partial charge in [0.15, 0.2) is 5.69 Å². The standard InChI is InChI=1S/C13H16N4OS/c1-17-7-10(14)12(16-17)13(18)15-6-9-5-8-3-2-4-11(8)19-9/h5,7H,2-4,6,14H2,1H3,(H,15,18). The summed E-state index contributed by atoms with van der Waals surface area (Å²) < 4.78 is 1.55. The normalized spacial score (nSPS) is 13.5. The first-order valence-electron chi connectivity index (χ1n) is 6.31. The number of carbonyl (C=O) groups excluding carboxylic acids is 1. The van der Waals surface area contributed by atoms with Crippen LogP contribution >= 0.6 is 11.3 Å². The van der Waals surface area contributed by atoms with Crippen LogP contribution in [-0.4, -0.2) is 15.7 Å². The molecule has 3 N–H and O–H groups in total. The number of fused-ring (bicyclic) bond motifs is 1. The first-order chi connectivity index (χ1) is 9.13. The Bertz CT molecular complexity index is 607. The predicted octanol–water partition coefficient (Wildman–Crippen LogP) is 1.48. The van der Waals surface area contributed by atoms with E-state index in [1.807, 2.05) is 0 Å². The maximum absolute atomic E-state index is 12.0. The highest BCUT2D eigenvalue weighted by molar-refractivity contribution is 7.12. The fraction of sp³-hybridized carbons (Fsp3) is 0.385. The third-order valence-corrected chi connectivity index (χ3v) is 4.53. The number of aryl methyl sites for hydroxylation is 3. The van der Waals surface area contributed by atoms with Crippen LogP contribution in [0.5, 0.6) is 0 Å². The molecule has 6 heteroatoms. The lowest BCUT2D eigenvalue weighted by Gasteiger charge is -2.01. The molecule has 0 fully saturated rings. The van der Waals surface area contributed by atoms with Crippen molar-refractivity contribution in [2.45, 2.75) is 25.8 Å². The van der Waals surface area contributed by atoms with E-state index in [0.29, 0.717) is 17.9 Å². The molecule has 5 nitrogen and oxygen atoms in total. The summed E-state index contributed by atoms with van der Waals surface area (Å²) in [5.41, 5.74) is 7.89. The summed E-state index contributed by atoms with van der Waals surface area (Å²) in [5.74, 6) is -0.216. The van der Waals surface area contributed by atoms with Crippen LogP contribution in [0.1, 0.15) is 32.2 Å². The summed E-state index contributed by atoms with van der Waals surface area (Å²) in [6.07, 6.45) is 5.25. The van der Waals surface area contributed by atoms with Crippen molar-refractivity contribution in [1.29, 1.82) is 0 Å². The summed E-state index contributed by atoms with van der Waals surface area (Å²) in [7, 11) is 1.75. The number of nitrogens with one attached hydrogen (secondary N) is 1. The fourth-order valence-corrected chi connectivity index (χ4v) is 3.61. The van der Waals surface area contributed by atoms with Crippen LogP contribution in [0.4, 0.5) is 5.69 Å². The molecule has 2 heterocycles. The number of rotatable bonds is 3. The van der Waals surface area contributed by atoms with Gasteiger partial charge < -0.3 is 11.1 Å². The highest BCUT2D eigenvalue weighted by atomic mass is 32.1. The maximum Gasteiger partial charge on any atom is 0.274 e. The highest BCUT2D eigenvalue weighted by Gasteiger charge is 2.17. The van der Waals surface area contributed by atoms with Gasteiger partial charge in [-0.1, -0.05) is 0 Å². The lowest BCUT2D eigenvalue weighted by atomic mass is 10.2. The Hall–Kier alpha value is -1.82. The van der Waals surface area contributed by atoms with E-state index in [4.69, 9.17) is 5.73 Å². The molecule has 1 aliphatic rings. The van der Waals surface area contributed by atoms with Crippen molar-refractivity contribution in [2.24, 2.45) is 7.05 Å². The molecule has 1 amide bonds. The van der Waals surface area contributed by atoms with E-state index in [-0.39, 0.29) is 5.91 Å². The average Bonchev–Trinajstić information content (AvgIpc) is 3.00. The van der Waals surface area contributed by atoms with E-state index in [2.05, 4.69) is 16.5 Å². The molecule has 0 bridgehead atoms. The molecule has 0 aliphatic heterocycles. The molecule has 0 saturated carbocycles. The topological polar surface area (TPSA) is 72.9 Å². The molecular formula is C13H16N4OS. The first kappa shape index (κ1) is 12.2. The summed E-state index contributed by atoms with van der Waals surface area (Å²) in [6.45, 7) is 0.548. The minimum Gasteiger partial charge on any atom is -0.396 e. The van der Waals surface area contributed by atoms with Gasteiger partial charge in [-0.25, -0.2) is 0 Å². The van der Waals surface area contributed by atoms with Crippen LogP contribution in [-0.2, 0) is 26.4 Å².